The average molecular weight is 405 g/mol. The van der Waals surface area contributed by atoms with Crippen LogP contribution in [0, 0.1) is 6.92 Å². The molecule has 0 saturated heterocycles. The Bertz CT molecular complexity index is 745. The molecular formula is C23H32O6. The van der Waals surface area contributed by atoms with Gasteiger partial charge in [-0.2, -0.15) is 0 Å². The summed E-state index contributed by atoms with van der Waals surface area (Å²) < 4.78 is 10.5. The van der Waals surface area contributed by atoms with E-state index in [1.165, 1.54) is 30.5 Å². The highest BCUT2D eigenvalue weighted by atomic mass is 16.6. The number of carbonyl (C=O) groups is 2. The number of esters is 2. The first-order valence-electron chi connectivity index (χ1n) is 10.6. The summed E-state index contributed by atoms with van der Waals surface area (Å²) >= 11 is 0. The summed E-state index contributed by atoms with van der Waals surface area (Å²) in [5.41, 5.74) is 3.65. The molecule has 6 heteroatoms. The van der Waals surface area contributed by atoms with E-state index < -0.39 is 24.4 Å². The zero-order valence-corrected chi connectivity index (χ0v) is 17.5. The van der Waals surface area contributed by atoms with E-state index in [0.717, 1.165) is 12.8 Å². The lowest BCUT2D eigenvalue weighted by Crippen LogP contribution is -2.38. The second-order valence-corrected chi connectivity index (χ2v) is 8.53. The molecule has 0 aromatic heterocycles. The van der Waals surface area contributed by atoms with Crippen LogP contribution >= 0.6 is 0 Å². The predicted octanol–water partition coefficient (Wildman–Crippen LogP) is 3.12. The molecule has 0 radical (unpaired) electrons. The molecule has 1 aromatic carbocycles. The predicted molar refractivity (Wildman–Crippen MR) is 107 cm³/mol. The van der Waals surface area contributed by atoms with Crippen LogP contribution in [0.25, 0.3) is 0 Å². The molecule has 0 heterocycles. The Morgan fingerprint density at radius 1 is 0.862 bits per heavy atom. The molecular weight excluding hydrogens is 372 g/mol. The van der Waals surface area contributed by atoms with Gasteiger partial charge >= 0.3 is 11.9 Å². The third-order valence-corrected chi connectivity index (χ3v) is 6.35. The molecule has 29 heavy (non-hydrogen) atoms. The van der Waals surface area contributed by atoms with Gasteiger partial charge in [0.2, 0.25) is 0 Å². The molecule has 6 atom stereocenters. The Morgan fingerprint density at radius 3 is 1.90 bits per heavy atom. The highest BCUT2D eigenvalue weighted by Gasteiger charge is 2.37. The van der Waals surface area contributed by atoms with Crippen LogP contribution in [0.1, 0.15) is 80.9 Å². The maximum absolute atomic E-state index is 11.3. The van der Waals surface area contributed by atoms with Crippen LogP contribution in [0.5, 0.6) is 0 Å². The number of rotatable bonds is 4. The summed E-state index contributed by atoms with van der Waals surface area (Å²) in [5.74, 6) is -0.337. The molecule has 2 aliphatic carbocycles. The standard InChI is InChI=1S/C23H32O6/c1-13-5-4-6-18(16-7-9-21(19(26)11-16)28-14(2)24)23(13)17-8-10-22(20(27)12-17)29-15(3)25/h4-6,16-17,19-22,26-27H,7-12H2,1-3H3. The summed E-state index contributed by atoms with van der Waals surface area (Å²) in [4.78, 5) is 22.5. The zero-order valence-electron chi connectivity index (χ0n) is 17.5. The minimum Gasteiger partial charge on any atom is -0.460 e. The third kappa shape index (κ3) is 5.17. The monoisotopic (exact) mass is 404 g/mol. The van der Waals surface area contributed by atoms with Crippen molar-refractivity contribution in [1.82, 2.24) is 0 Å². The first kappa shape index (κ1) is 21.8. The number of ether oxygens (including phenoxy) is 2. The Labute approximate surface area is 172 Å². The number of aryl methyl sites for hydroxylation is 1. The molecule has 0 spiro atoms. The molecule has 0 amide bonds. The normalized spacial score (nSPS) is 32.4. The van der Waals surface area contributed by atoms with Crippen molar-refractivity contribution in [2.75, 3.05) is 0 Å². The summed E-state index contributed by atoms with van der Waals surface area (Å²) in [6, 6.07) is 6.25. The Hall–Kier alpha value is -1.92. The summed E-state index contributed by atoms with van der Waals surface area (Å²) in [5, 5.41) is 21.1. The first-order valence-corrected chi connectivity index (χ1v) is 10.6. The molecule has 2 saturated carbocycles. The molecule has 2 N–H and O–H groups in total. The van der Waals surface area contributed by atoms with Crippen molar-refractivity contribution in [2.24, 2.45) is 0 Å². The Morgan fingerprint density at radius 2 is 1.38 bits per heavy atom. The van der Waals surface area contributed by atoms with Crippen LogP contribution < -0.4 is 0 Å². The number of hydrogen-bond donors (Lipinski definition) is 2. The summed E-state index contributed by atoms with van der Waals surface area (Å²) in [7, 11) is 0. The number of aliphatic hydroxyl groups excluding tert-OH is 2. The van der Waals surface area contributed by atoms with Gasteiger partial charge in [0.1, 0.15) is 12.2 Å². The van der Waals surface area contributed by atoms with Gasteiger partial charge in [-0.15, -0.1) is 0 Å². The van der Waals surface area contributed by atoms with Crippen molar-refractivity contribution in [1.29, 1.82) is 0 Å². The van der Waals surface area contributed by atoms with E-state index in [4.69, 9.17) is 9.47 Å². The fourth-order valence-corrected chi connectivity index (χ4v) is 5.10. The first-order chi connectivity index (χ1) is 13.8. The van der Waals surface area contributed by atoms with Crippen LogP contribution in [-0.4, -0.2) is 46.6 Å². The highest BCUT2D eigenvalue weighted by molar-refractivity contribution is 5.66. The summed E-state index contributed by atoms with van der Waals surface area (Å²) in [6.45, 7) is 4.83. The van der Waals surface area contributed by atoms with Gasteiger partial charge in [0.15, 0.2) is 0 Å². The van der Waals surface area contributed by atoms with E-state index in [-0.39, 0.29) is 23.8 Å². The van der Waals surface area contributed by atoms with E-state index in [1.54, 1.807) is 0 Å². The van der Waals surface area contributed by atoms with Gasteiger partial charge in [-0.1, -0.05) is 18.2 Å². The molecule has 2 aliphatic rings. The molecule has 6 nitrogen and oxygen atoms in total. The lowest BCUT2D eigenvalue weighted by atomic mass is 9.72. The maximum atomic E-state index is 11.3. The Kier molecular flexibility index (Phi) is 6.96. The van der Waals surface area contributed by atoms with Crippen molar-refractivity contribution in [2.45, 2.75) is 95.5 Å². The van der Waals surface area contributed by atoms with E-state index in [9.17, 15) is 19.8 Å². The van der Waals surface area contributed by atoms with E-state index in [1.807, 2.05) is 6.07 Å². The quantitative estimate of drug-likeness (QED) is 0.749. The van der Waals surface area contributed by atoms with Crippen molar-refractivity contribution in [3.63, 3.8) is 0 Å². The van der Waals surface area contributed by atoms with Crippen molar-refractivity contribution >= 4 is 11.9 Å². The molecule has 6 unspecified atom stereocenters. The third-order valence-electron chi connectivity index (χ3n) is 6.35. The van der Waals surface area contributed by atoms with Gasteiger partial charge in [0.05, 0.1) is 12.2 Å². The average Bonchev–Trinajstić information content (AvgIpc) is 2.64. The molecule has 3 rings (SSSR count). The molecule has 1 aromatic rings. The van der Waals surface area contributed by atoms with Gasteiger partial charge < -0.3 is 19.7 Å². The van der Waals surface area contributed by atoms with Gasteiger partial charge in [-0.05, 0) is 74.0 Å². The van der Waals surface area contributed by atoms with Crippen molar-refractivity contribution in [3.05, 3.63) is 34.9 Å². The van der Waals surface area contributed by atoms with E-state index >= 15 is 0 Å². The molecule has 0 aliphatic heterocycles. The van der Waals surface area contributed by atoms with Crippen molar-refractivity contribution < 1.29 is 29.3 Å². The SMILES string of the molecule is CC(=O)OC1CCC(c2cccc(C)c2C2CCC(OC(C)=O)C(O)C2)CC1O. The lowest BCUT2D eigenvalue weighted by molar-refractivity contribution is -0.156. The second-order valence-electron chi connectivity index (χ2n) is 8.53. The van der Waals surface area contributed by atoms with Crippen molar-refractivity contribution in [3.8, 4) is 0 Å². The number of hydrogen-bond acceptors (Lipinski definition) is 6. The second kappa shape index (κ2) is 9.26. The minimum absolute atomic E-state index is 0.190. The fraction of sp³-hybridized carbons (Fsp3) is 0.652. The van der Waals surface area contributed by atoms with Gasteiger partial charge in [0.25, 0.3) is 0 Å². The van der Waals surface area contributed by atoms with Crippen LogP contribution in [0.4, 0.5) is 0 Å². The number of aliphatic hydroxyl groups is 2. The fourth-order valence-electron chi connectivity index (χ4n) is 5.10. The van der Waals surface area contributed by atoms with Crippen LogP contribution in [0.2, 0.25) is 0 Å². The zero-order chi connectivity index (χ0) is 21.1. The smallest absolute Gasteiger partial charge is 0.302 e. The minimum atomic E-state index is -0.671. The van der Waals surface area contributed by atoms with Gasteiger partial charge in [0, 0.05) is 13.8 Å². The topological polar surface area (TPSA) is 93.1 Å². The van der Waals surface area contributed by atoms with Crippen LogP contribution in [0.3, 0.4) is 0 Å². The summed E-state index contributed by atoms with van der Waals surface area (Å²) in [6.07, 6.45) is 1.87. The number of carbonyl (C=O) groups excluding carboxylic acids is 2. The van der Waals surface area contributed by atoms with Crippen LogP contribution in [-0.2, 0) is 19.1 Å². The molecule has 0 bridgehead atoms. The highest BCUT2D eigenvalue weighted by Crippen LogP contribution is 2.43. The van der Waals surface area contributed by atoms with E-state index in [0.29, 0.717) is 25.7 Å². The molecule has 2 fully saturated rings. The number of benzene rings is 1. The van der Waals surface area contributed by atoms with E-state index in [2.05, 4.69) is 19.1 Å². The van der Waals surface area contributed by atoms with Crippen LogP contribution in [0.15, 0.2) is 18.2 Å². The van der Waals surface area contributed by atoms with Gasteiger partial charge in [-0.3, -0.25) is 9.59 Å². The Balaban J connectivity index is 1.77. The maximum Gasteiger partial charge on any atom is 0.302 e. The lowest BCUT2D eigenvalue weighted by Gasteiger charge is -2.37. The van der Waals surface area contributed by atoms with Gasteiger partial charge in [-0.25, -0.2) is 0 Å². The largest absolute Gasteiger partial charge is 0.460 e. The molecule has 160 valence electrons.